The van der Waals surface area contributed by atoms with Gasteiger partial charge >= 0.3 is 0 Å². The first-order chi connectivity index (χ1) is 7.40. The van der Waals surface area contributed by atoms with Gasteiger partial charge in [0.25, 0.3) is 0 Å². The van der Waals surface area contributed by atoms with Crippen LogP contribution in [-0.4, -0.2) is 0 Å². The van der Waals surface area contributed by atoms with Crippen LogP contribution in [-0.2, 0) is 0 Å². The van der Waals surface area contributed by atoms with E-state index < -0.39 is 0 Å². The molecule has 0 N–H and O–H groups in total. The van der Waals surface area contributed by atoms with Gasteiger partial charge in [0.05, 0.1) is 0 Å². The molecule has 7 unspecified atom stereocenters. The van der Waals surface area contributed by atoms with E-state index in [-0.39, 0.29) is 0 Å². The zero-order valence-corrected chi connectivity index (χ0v) is 9.10. The van der Waals surface area contributed by atoms with E-state index in [2.05, 4.69) is 24.3 Å². The van der Waals surface area contributed by atoms with Crippen molar-refractivity contribution in [2.24, 2.45) is 40.9 Å². The van der Waals surface area contributed by atoms with Crippen LogP contribution in [0.25, 0.3) is 0 Å². The summed E-state index contributed by atoms with van der Waals surface area (Å²) in [5.41, 5.74) is 0.667. The van der Waals surface area contributed by atoms with Gasteiger partial charge in [-0.3, -0.25) is 0 Å². The van der Waals surface area contributed by atoms with Crippen LogP contribution in [0.1, 0.15) is 25.7 Å². The highest BCUT2D eigenvalue weighted by Gasteiger charge is 2.72. The minimum absolute atomic E-state index is 0.667. The fourth-order valence-electron chi connectivity index (χ4n) is 6.40. The van der Waals surface area contributed by atoms with Gasteiger partial charge in [0.1, 0.15) is 0 Å². The zero-order chi connectivity index (χ0) is 9.62. The fraction of sp³-hybridized carbons (Fsp3) is 0.733. The van der Waals surface area contributed by atoms with Crippen LogP contribution in [0.4, 0.5) is 0 Å². The summed E-state index contributed by atoms with van der Waals surface area (Å²) in [6, 6.07) is 0. The molecule has 6 bridgehead atoms. The van der Waals surface area contributed by atoms with Crippen LogP contribution in [0.15, 0.2) is 24.3 Å². The van der Waals surface area contributed by atoms with Gasteiger partial charge < -0.3 is 0 Å². The minimum Gasteiger partial charge on any atom is -0.0882 e. The molecule has 0 heterocycles. The Morgan fingerprint density at radius 3 is 3.20 bits per heavy atom. The van der Waals surface area contributed by atoms with E-state index in [0.29, 0.717) is 5.41 Å². The highest BCUT2D eigenvalue weighted by atomic mass is 14.8. The van der Waals surface area contributed by atoms with Gasteiger partial charge in [-0.1, -0.05) is 24.3 Å². The average Bonchev–Trinajstić information content (AvgIpc) is 2.85. The Hall–Kier alpha value is -0.520. The summed E-state index contributed by atoms with van der Waals surface area (Å²) in [6.45, 7) is 0. The van der Waals surface area contributed by atoms with E-state index in [1.165, 1.54) is 19.3 Å². The largest absolute Gasteiger partial charge is 0.0882 e. The van der Waals surface area contributed by atoms with Crippen molar-refractivity contribution in [3.8, 4) is 0 Å². The quantitative estimate of drug-likeness (QED) is 0.523. The zero-order valence-electron chi connectivity index (χ0n) is 9.10. The van der Waals surface area contributed by atoms with Gasteiger partial charge in [-0.15, -0.1) is 0 Å². The van der Waals surface area contributed by atoms with Gasteiger partial charge in [-0.25, -0.2) is 0 Å². The lowest BCUT2D eigenvalue weighted by Gasteiger charge is -2.43. The van der Waals surface area contributed by atoms with Crippen LogP contribution >= 0.6 is 0 Å². The summed E-state index contributed by atoms with van der Waals surface area (Å²) in [7, 11) is 0. The molecule has 0 nitrogen and oxygen atoms in total. The molecule has 5 rings (SSSR count). The number of allylic oxidation sites excluding steroid dienone is 4. The Labute approximate surface area is 91.4 Å². The van der Waals surface area contributed by atoms with Crippen molar-refractivity contribution in [1.29, 1.82) is 0 Å². The highest BCUT2D eigenvalue weighted by Crippen LogP contribution is 2.78. The van der Waals surface area contributed by atoms with Crippen LogP contribution in [0.3, 0.4) is 0 Å². The van der Waals surface area contributed by atoms with Crippen molar-refractivity contribution in [1.82, 2.24) is 0 Å². The molecule has 78 valence electrons. The predicted octanol–water partition coefficient (Wildman–Crippen LogP) is 3.41. The molecule has 1 spiro atoms. The van der Waals surface area contributed by atoms with Crippen molar-refractivity contribution in [2.75, 3.05) is 0 Å². The molecule has 5 aliphatic carbocycles. The average molecular weight is 198 g/mol. The Morgan fingerprint density at radius 1 is 1.20 bits per heavy atom. The van der Waals surface area contributed by atoms with E-state index in [1.807, 2.05) is 0 Å². The molecule has 0 aromatic rings. The van der Waals surface area contributed by atoms with Crippen molar-refractivity contribution in [3.63, 3.8) is 0 Å². The molecule has 7 atom stereocenters. The Morgan fingerprint density at radius 2 is 2.20 bits per heavy atom. The summed E-state index contributed by atoms with van der Waals surface area (Å²) in [5.74, 6) is 6.31. The monoisotopic (exact) mass is 198 g/mol. The standard InChI is InChI=1S/C15H18/c1-2-4-12-11-7-9(3-1)14-13(11)10-5-6-15(12,14)8-10/h2,4-6,9-14H,1,3,7-8H2/b4-2-. The predicted molar refractivity (Wildman–Crippen MR) is 60.1 cm³/mol. The first kappa shape index (κ1) is 7.70. The lowest BCUT2D eigenvalue weighted by molar-refractivity contribution is 0.109. The second-order valence-electron chi connectivity index (χ2n) is 6.63. The van der Waals surface area contributed by atoms with Crippen LogP contribution < -0.4 is 0 Å². The molecule has 0 aromatic carbocycles. The molecule has 5 aliphatic rings. The van der Waals surface area contributed by atoms with Crippen molar-refractivity contribution < 1.29 is 0 Å². The van der Waals surface area contributed by atoms with Crippen LogP contribution in [0.2, 0.25) is 0 Å². The second-order valence-corrected chi connectivity index (χ2v) is 6.63. The number of fused-ring (bicyclic) bond motifs is 2. The first-order valence-corrected chi connectivity index (χ1v) is 6.76. The van der Waals surface area contributed by atoms with Crippen LogP contribution in [0, 0.1) is 40.9 Å². The summed E-state index contributed by atoms with van der Waals surface area (Å²) in [6.07, 6.45) is 16.3. The maximum atomic E-state index is 2.64. The van der Waals surface area contributed by atoms with Crippen LogP contribution in [0.5, 0.6) is 0 Å². The van der Waals surface area contributed by atoms with Gasteiger partial charge in [-0.05, 0) is 66.6 Å². The van der Waals surface area contributed by atoms with E-state index in [9.17, 15) is 0 Å². The lowest BCUT2D eigenvalue weighted by atomic mass is 9.61. The van der Waals surface area contributed by atoms with E-state index in [4.69, 9.17) is 0 Å². The molecule has 15 heavy (non-hydrogen) atoms. The maximum Gasteiger partial charge on any atom is -0.00131 e. The first-order valence-electron chi connectivity index (χ1n) is 6.76. The maximum absolute atomic E-state index is 2.64. The number of hydrogen-bond acceptors (Lipinski definition) is 0. The Balaban J connectivity index is 1.79. The molecule has 3 fully saturated rings. The number of rotatable bonds is 0. The van der Waals surface area contributed by atoms with E-state index in [0.717, 1.165) is 35.5 Å². The van der Waals surface area contributed by atoms with Gasteiger partial charge in [0.15, 0.2) is 0 Å². The third kappa shape index (κ3) is 0.621. The van der Waals surface area contributed by atoms with E-state index >= 15 is 0 Å². The fourth-order valence-corrected chi connectivity index (χ4v) is 6.40. The lowest BCUT2D eigenvalue weighted by Crippen LogP contribution is -2.37. The van der Waals surface area contributed by atoms with Gasteiger partial charge in [0.2, 0.25) is 0 Å². The smallest absolute Gasteiger partial charge is 0.00131 e. The van der Waals surface area contributed by atoms with Gasteiger partial charge in [-0.2, -0.15) is 0 Å². The highest BCUT2D eigenvalue weighted by molar-refractivity contribution is 5.35. The topological polar surface area (TPSA) is 0 Å². The van der Waals surface area contributed by atoms with Crippen molar-refractivity contribution in [2.45, 2.75) is 25.7 Å². The third-order valence-corrected chi connectivity index (χ3v) is 6.48. The molecular formula is C15H18. The SMILES string of the molecule is C1=CC23CC1C1C4CC(CC/C=C\C42)C13. The minimum atomic E-state index is 0.667. The molecule has 0 amide bonds. The summed E-state index contributed by atoms with van der Waals surface area (Å²) >= 11 is 0. The Kier molecular flexibility index (Phi) is 1.09. The molecule has 0 saturated heterocycles. The summed E-state index contributed by atoms with van der Waals surface area (Å²) in [5, 5.41) is 0. The Bertz CT molecular complexity index is 391. The van der Waals surface area contributed by atoms with Crippen molar-refractivity contribution in [3.05, 3.63) is 24.3 Å². The molecule has 0 aliphatic heterocycles. The molecular weight excluding hydrogens is 180 g/mol. The third-order valence-electron chi connectivity index (χ3n) is 6.48. The second kappa shape index (κ2) is 2.12. The summed E-state index contributed by atoms with van der Waals surface area (Å²) < 4.78 is 0. The molecule has 3 saturated carbocycles. The molecule has 0 radical (unpaired) electrons. The summed E-state index contributed by atoms with van der Waals surface area (Å²) in [4.78, 5) is 0. The van der Waals surface area contributed by atoms with Crippen molar-refractivity contribution >= 4 is 0 Å². The van der Waals surface area contributed by atoms with Gasteiger partial charge in [0, 0.05) is 0 Å². The molecule has 0 aromatic heterocycles. The molecule has 0 heteroatoms. The number of hydrogen-bond donors (Lipinski definition) is 0. The van der Waals surface area contributed by atoms with E-state index in [1.54, 1.807) is 6.42 Å². The normalized spacial score (nSPS) is 68.8.